The molecule has 46 heavy (non-hydrogen) atoms. The highest BCUT2D eigenvalue weighted by atomic mass is 33.1. The van der Waals surface area contributed by atoms with E-state index in [9.17, 15) is 19.2 Å². The molecule has 0 saturated carbocycles. The van der Waals surface area contributed by atoms with E-state index in [2.05, 4.69) is 0 Å². The SMILES string of the molecule is CC(C)CC(C(=O)OC(C)(C)C)N(C)C(=O)c1ccccc1SSc1ccccc1C(=O)N(C)[C@@H](CC(C)C)C(=O)OC(C)(C)C. The average Bonchev–Trinajstić information content (AvgIpc) is 2.94. The molecular formula is C36H52N2O6S2. The molecule has 10 heteroatoms. The van der Waals surface area contributed by atoms with Crippen molar-refractivity contribution in [3.8, 4) is 0 Å². The van der Waals surface area contributed by atoms with Crippen molar-refractivity contribution in [2.45, 2.75) is 115 Å². The first kappa shape index (κ1) is 39.2. The van der Waals surface area contributed by atoms with Crippen LogP contribution < -0.4 is 0 Å². The third kappa shape index (κ3) is 12.0. The summed E-state index contributed by atoms with van der Waals surface area (Å²) in [5.41, 5.74) is -0.465. The number of likely N-dealkylation sites (N-methyl/N-ethyl adjacent to an activating group) is 2. The molecule has 2 atom stereocenters. The molecule has 2 aromatic rings. The number of benzene rings is 2. The van der Waals surface area contributed by atoms with E-state index in [0.29, 0.717) is 33.8 Å². The van der Waals surface area contributed by atoms with E-state index in [4.69, 9.17) is 9.47 Å². The first-order chi connectivity index (χ1) is 21.2. The highest BCUT2D eigenvalue weighted by molar-refractivity contribution is 8.76. The van der Waals surface area contributed by atoms with Crippen molar-refractivity contribution in [3.05, 3.63) is 59.7 Å². The second-order valence-electron chi connectivity index (χ2n) is 14.3. The summed E-state index contributed by atoms with van der Waals surface area (Å²) < 4.78 is 11.3. The van der Waals surface area contributed by atoms with Crippen molar-refractivity contribution in [1.29, 1.82) is 0 Å². The molecule has 0 aliphatic rings. The van der Waals surface area contributed by atoms with Gasteiger partial charge in [-0.3, -0.25) is 9.59 Å². The molecule has 8 nitrogen and oxygen atoms in total. The zero-order valence-corrected chi connectivity index (χ0v) is 31.1. The molecule has 0 spiro atoms. The van der Waals surface area contributed by atoms with Crippen LogP contribution in [0.3, 0.4) is 0 Å². The maximum atomic E-state index is 13.9. The van der Waals surface area contributed by atoms with Gasteiger partial charge in [-0.15, -0.1) is 0 Å². The predicted octanol–water partition coefficient (Wildman–Crippen LogP) is 8.14. The van der Waals surface area contributed by atoms with Crippen molar-refractivity contribution in [3.63, 3.8) is 0 Å². The van der Waals surface area contributed by atoms with E-state index in [1.807, 2.05) is 93.5 Å². The average molecular weight is 673 g/mol. The Morgan fingerprint density at radius 2 is 0.913 bits per heavy atom. The van der Waals surface area contributed by atoms with Gasteiger partial charge < -0.3 is 19.3 Å². The fraction of sp³-hybridized carbons (Fsp3) is 0.556. The molecule has 2 amide bonds. The van der Waals surface area contributed by atoms with E-state index in [1.54, 1.807) is 38.4 Å². The van der Waals surface area contributed by atoms with Gasteiger partial charge in [0, 0.05) is 23.9 Å². The highest BCUT2D eigenvalue weighted by Gasteiger charge is 2.34. The topological polar surface area (TPSA) is 93.2 Å². The summed E-state index contributed by atoms with van der Waals surface area (Å²) in [7, 11) is 5.98. The van der Waals surface area contributed by atoms with Crippen LogP contribution in [0, 0.1) is 11.8 Å². The molecule has 2 aromatic carbocycles. The van der Waals surface area contributed by atoms with Gasteiger partial charge in [0.15, 0.2) is 0 Å². The van der Waals surface area contributed by atoms with Gasteiger partial charge in [0.25, 0.3) is 11.8 Å². The zero-order chi connectivity index (χ0) is 35.0. The van der Waals surface area contributed by atoms with Crippen LogP contribution in [0.5, 0.6) is 0 Å². The minimum Gasteiger partial charge on any atom is -0.458 e. The van der Waals surface area contributed by atoms with Crippen LogP contribution in [0.4, 0.5) is 0 Å². The molecule has 0 aromatic heterocycles. The maximum Gasteiger partial charge on any atom is 0.329 e. The Balaban J connectivity index is 2.35. The third-order valence-corrected chi connectivity index (χ3v) is 9.26. The Morgan fingerprint density at radius 1 is 0.609 bits per heavy atom. The minimum absolute atomic E-state index is 0.163. The van der Waals surface area contributed by atoms with E-state index in [1.165, 1.54) is 31.4 Å². The van der Waals surface area contributed by atoms with Crippen LogP contribution in [0.25, 0.3) is 0 Å². The fourth-order valence-corrected chi connectivity index (χ4v) is 6.99. The minimum atomic E-state index is -0.741. The molecule has 0 saturated heterocycles. The van der Waals surface area contributed by atoms with Crippen LogP contribution in [-0.2, 0) is 19.1 Å². The van der Waals surface area contributed by atoms with Gasteiger partial charge in [-0.2, -0.15) is 0 Å². The molecule has 0 bridgehead atoms. The Hall–Kier alpha value is -2.98. The van der Waals surface area contributed by atoms with Gasteiger partial charge in [-0.25, -0.2) is 9.59 Å². The van der Waals surface area contributed by atoms with Crippen molar-refractivity contribution in [1.82, 2.24) is 9.80 Å². The Labute approximate surface area is 283 Å². The lowest BCUT2D eigenvalue weighted by Crippen LogP contribution is -2.46. The molecule has 0 aliphatic carbocycles. The largest absolute Gasteiger partial charge is 0.458 e. The molecule has 0 fully saturated rings. The van der Waals surface area contributed by atoms with Gasteiger partial charge >= 0.3 is 11.9 Å². The number of esters is 2. The van der Waals surface area contributed by atoms with Gasteiger partial charge in [0.1, 0.15) is 23.3 Å². The third-order valence-electron chi connectivity index (χ3n) is 6.78. The number of rotatable bonds is 13. The summed E-state index contributed by atoms with van der Waals surface area (Å²) in [6.45, 7) is 18.9. The summed E-state index contributed by atoms with van der Waals surface area (Å²) >= 11 is 0. The summed E-state index contributed by atoms with van der Waals surface area (Å²) in [5.74, 6) is -1.13. The molecule has 0 aliphatic heterocycles. The first-order valence-electron chi connectivity index (χ1n) is 15.7. The van der Waals surface area contributed by atoms with Crippen LogP contribution in [0.15, 0.2) is 58.3 Å². The van der Waals surface area contributed by atoms with Gasteiger partial charge in [-0.1, -0.05) is 73.5 Å². The van der Waals surface area contributed by atoms with Crippen LogP contribution in [0.2, 0.25) is 0 Å². The second kappa shape index (κ2) is 16.7. The molecule has 254 valence electrons. The van der Waals surface area contributed by atoms with Crippen LogP contribution >= 0.6 is 21.6 Å². The number of hydrogen-bond acceptors (Lipinski definition) is 8. The monoisotopic (exact) mass is 672 g/mol. The standard InChI is InChI=1S/C36H52N2O6S2/c1-23(2)21-27(33(41)43-35(5,6)7)37(11)31(39)25-17-13-15-19-29(25)45-46-30-20-16-14-18-26(30)32(40)38(12)28(22-24(3)4)34(42)44-36(8,9)10/h13-20,23-24,27-28H,21-22H2,1-12H3/t27-,28?/m0/s1. The molecule has 0 radical (unpaired) electrons. The van der Waals surface area contributed by atoms with Crippen LogP contribution in [0.1, 0.15) is 103 Å². The summed E-state index contributed by atoms with van der Waals surface area (Å²) in [4.78, 5) is 58.3. The Bertz CT molecular complexity index is 1260. The Kier molecular flexibility index (Phi) is 14.3. The smallest absolute Gasteiger partial charge is 0.329 e. The predicted molar refractivity (Wildman–Crippen MR) is 187 cm³/mol. The molecule has 0 N–H and O–H groups in total. The summed E-state index contributed by atoms with van der Waals surface area (Å²) in [6.07, 6.45) is 0.927. The first-order valence-corrected chi connectivity index (χ1v) is 17.9. The van der Waals surface area contributed by atoms with Gasteiger partial charge in [-0.05, 0) is 90.5 Å². The summed E-state index contributed by atoms with van der Waals surface area (Å²) in [6, 6.07) is 13.0. The lowest BCUT2D eigenvalue weighted by molar-refractivity contribution is -0.161. The lowest BCUT2D eigenvalue weighted by Gasteiger charge is -2.31. The maximum absolute atomic E-state index is 13.9. The fourth-order valence-electron chi connectivity index (χ4n) is 4.64. The van der Waals surface area contributed by atoms with E-state index in [0.717, 1.165) is 0 Å². The highest BCUT2D eigenvalue weighted by Crippen LogP contribution is 2.41. The van der Waals surface area contributed by atoms with E-state index in [-0.39, 0.29) is 23.7 Å². The number of amides is 2. The second-order valence-corrected chi connectivity index (χ2v) is 16.6. The van der Waals surface area contributed by atoms with Crippen molar-refractivity contribution in [2.24, 2.45) is 11.8 Å². The van der Waals surface area contributed by atoms with E-state index >= 15 is 0 Å². The number of nitrogens with zero attached hydrogens (tertiary/aromatic N) is 2. The molecule has 1 unspecified atom stereocenters. The quantitative estimate of drug-likeness (QED) is 0.156. The zero-order valence-electron chi connectivity index (χ0n) is 29.5. The number of ether oxygens (including phenoxy) is 2. The molecule has 0 heterocycles. The van der Waals surface area contributed by atoms with Crippen molar-refractivity contribution >= 4 is 45.3 Å². The van der Waals surface area contributed by atoms with E-state index < -0.39 is 35.2 Å². The number of carbonyl (C=O) groups excluding carboxylic acids is 4. The van der Waals surface area contributed by atoms with Crippen LogP contribution in [-0.4, -0.2) is 70.9 Å². The number of hydrogen-bond donors (Lipinski definition) is 0. The van der Waals surface area contributed by atoms with Gasteiger partial charge in [0.05, 0.1) is 11.1 Å². The Morgan fingerprint density at radius 3 is 1.20 bits per heavy atom. The lowest BCUT2D eigenvalue weighted by atomic mass is 10.0. The molecular weight excluding hydrogens is 621 g/mol. The van der Waals surface area contributed by atoms with Crippen molar-refractivity contribution in [2.75, 3.05) is 14.1 Å². The molecule has 2 rings (SSSR count). The normalized spacial score (nSPS) is 13.3. The van der Waals surface area contributed by atoms with Crippen molar-refractivity contribution < 1.29 is 28.7 Å². The van der Waals surface area contributed by atoms with Gasteiger partial charge in [0.2, 0.25) is 0 Å². The number of carbonyl (C=O) groups is 4. The summed E-state index contributed by atoms with van der Waals surface area (Å²) in [5, 5.41) is 0.